The average molecular weight is 297 g/mol. The number of carbonyl (C=O) groups excluding carboxylic acids is 2. The summed E-state index contributed by atoms with van der Waals surface area (Å²) in [6.45, 7) is 6.36. The second kappa shape index (κ2) is 9.03. The summed E-state index contributed by atoms with van der Waals surface area (Å²) in [5.41, 5.74) is 0. The predicted octanol–water partition coefficient (Wildman–Crippen LogP) is 1.58. The Kier molecular flexibility index (Phi) is 7.72. The molecular weight excluding hydrogens is 266 g/mol. The largest absolute Gasteiger partial charge is 0.338 e. The van der Waals surface area contributed by atoms with Crippen LogP contribution >= 0.6 is 0 Å². The van der Waals surface area contributed by atoms with E-state index in [1.165, 1.54) is 6.42 Å². The number of nitrogens with zero attached hydrogens (tertiary/aromatic N) is 3. The normalized spacial score (nSPS) is 18.9. The van der Waals surface area contributed by atoms with Gasteiger partial charge in [0.2, 0.25) is 11.8 Å². The van der Waals surface area contributed by atoms with Crippen molar-refractivity contribution in [3.63, 3.8) is 0 Å². The molecule has 0 aromatic carbocycles. The lowest BCUT2D eigenvalue weighted by molar-refractivity contribution is -0.142. The lowest BCUT2D eigenvalue weighted by atomic mass is 10.00. The van der Waals surface area contributed by atoms with E-state index in [4.69, 9.17) is 0 Å². The van der Waals surface area contributed by atoms with Crippen molar-refractivity contribution in [1.82, 2.24) is 14.7 Å². The van der Waals surface area contributed by atoms with E-state index in [2.05, 4.69) is 11.8 Å². The Labute approximate surface area is 129 Å². The minimum atomic E-state index is -0.00726. The number of carbonyl (C=O) groups is 2. The van der Waals surface area contributed by atoms with Crippen molar-refractivity contribution >= 4 is 11.8 Å². The van der Waals surface area contributed by atoms with Crippen molar-refractivity contribution in [3.8, 4) is 0 Å². The topological polar surface area (TPSA) is 43.9 Å². The smallest absolute Gasteiger partial charge is 0.242 e. The van der Waals surface area contributed by atoms with Crippen LogP contribution in [0.3, 0.4) is 0 Å². The van der Waals surface area contributed by atoms with Crippen molar-refractivity contribution in [2.45, 2.75) is 52.0 Å². The summed E-state index contributed by atoms with van der Waals surface area (Å²) >= 11 is 0. The van der Waals surface area contributed by atoms with Crippen LogP contribution in [0.5, 0.6) is 0 Å². The Morgan fingerprint density at radius 3 is 2.48 bits per heavy atom. The first-order valence-corrected chi connectivity index (χ1v) is 8.15. The number of hydrogen-bond acceptors (Lipinski definition) is 3. The summed E-state index contributed by atoms with van der Waals surface area (Å²) < 4.78 is 0. The molecule has 1 heterocycles. The van der Waals surface area contributed by atoms with Crippen LogP contribution in [0, 0.1) is 0 Å². The van der Waals surface area contributed by atoms with E-state index in [0.717, 1.165) is 38.8 Å². The Hall–Kier alpha value is -1.10. The summed E-state index contributed by atoms with van der Waals surface area (Å²) in [6, 6.07) is 0.363. The molecule has 2 amide bonds. The Morgan fingerprint density at radius 2 is 1.90 bits per heavy atom. The van der Waals surface area contributed by atoms with Gasteiger partial charge in [-0.25, -0.2) is 0 Å². The highest BCUT2D eigenvalue weighted by Gasteiger charge is 2.26. The molecule has 1 aliphatic heterocycles. The van der Waals surface area contributed by atoms with Crippen LogP contribution < -0.4 is 0 Å². The summed E-state index contributed by atoms with van der Waals surface area (Å²) in [5, 5.41) is 0. The summed E-state index contributed by atoms with van der Waals surface area (Å²) in [5.74, 6) is 0.105. The second-order valence-electron chi connectivity index (χ2n) is 6.24. The molecule has 1 fully saturated rings. The maximum atomic E-state index is 12.5. The maximum Gasteiger partial charge on any atom is 0.242 e. The van der Waals surface area contributed by atoms with Gasteiger partial charge in [0.25, 0.3) is 0 Å². The highest BCUT2D eigenvalue weighted by molar-refractivity contribution is 5.84. The molecule has 5 nitrogen and oxygen atoms in total. The highest BCUT2D eigenvalue weighted by Crippen LogP contribution is 2.19. The Bertz CT molecular complexity index is 344. The lowest BCUT2D eigenvalue weighted by Crippen LogP contribution is -2.49. The van der Waals surface area contributed by atoms with E-state index < -0.39 is 0 Å². The molecule has 0 bridgehead atoms. The van der Waals surface area contributed by atoms with E-state index in [1.54, 1.807) is 11.8 Å². The first-order chi connectivity index (χ1) is 9.95. The van der Waals surface area contributed by atoms with Gasteiger partial charge in [-0.3, -0.25) is 9.59 Å². The summed E-state index contributed by atoms with van der Waals surface area (Å²) in [4.78, 5) is 30.0. The van der Waals surface area contributed by atoms with Gasteiger partial charge in [-0.1, -0.05) is 6.92 Å². The van der Waals surface area contributed by atoms with Crippen molar-refractivity contribution in [3.05, 3.63) is 0 Å². The zero-order valence-corrected chi connectivity index (χ0v) is 14.1. The van der Waals surface area contributed by atoms with Crippen LogP contribution in [0.2, 0.25) is 0 Å². The fraction of sp³-hybridized carbons (Fsp3) is 0.875. The summed E-state index contributed by atoms with van der Waals surface area (Å²) in [6.07, 6.45) is 5.30. The zero-order chi connectivity index (χ0) is 15.8. The third kappa shape index (κ3) is 6.04. The molecule has 122 valence electrons. The van der Waals surface area contributed by atoms with Gasteiger partial charge in [-0.2, -0.15) is 0 Å². The van der Waals surface area contributed by atoms with Gasteiger partial charge >= 0.3 is 0 Å². The molecule has 1 saturated heterocycles. The SMILES string of the molecule is CCC1CCCCN1C(=O)CN(CCCN(C)C)C(C)=O. The molecule has 0 aliphatic carbocycles. The fourth-order valence-corrected chi connectivity index (χ4v) is 2.93. The number of hydrogen-bond donors (Lipinski definition) is 0. The van der Waals surface area contributed by atoms with E-state index in [-0.39, 0.29) is 18.4 Å². The van der Waals surface area contributed by atoms with Gasteiger partial charge in [-0.15, -0.1) is 0 Å². The number of amides is 2. The van der Waals surface area contributed by atoms with E-state index in [0.29, 0.717) is 12.6 Å². The monoisotopic (exact) mass is 297 g/mol. The molecule has 21 heavy (non-hydrogen) atoms. The molecule has 5 heteroatoms. The van der Waals surface area contributed by atoms with Crippen LogP contribution in [-0.2, 0) is 9.59 Å². The predicted molar refractivity (Wildman–Crippen MR) is 85.1 cm³/mol. The molecule has 0 spiro atoms. The van der Waals surface area contributed by atoms with Crippen LogP contribution in [0.25, 0.3) is 0 Å². The second-order valence-corrected chi connectivity index (χ2v) is 6.24. The standard InChI is InChI=1S/C16H31N3O2/c1-5-15-9-6-7-12-19(15)16(21)13-18(14(2)20)11-8-10-17(3)4/h15H,5-13H2,1-4H3. The molecular formula is C16H31N3O2. The molecule has 0 aromatic heterocycles. The minimum Gasteiger partial charge on any atom is -0.338 e. The highest BCUT2D eigenvalue weighted by atomic mass is 16.2. The zero-order valence-electron chi connectivity index (χ0n) is 14.1. The molecule has 1 aliphatic rings. The first kappa shape index (κ1) is 18.0. The quantitative estimate of drug-likeness (QED) is 0.716. The van der Waals surface area contributed by atoms with Gasteiger partial charge in [0, 0.05) is 26.1 Å². The van der Waals surface area contributed by atoms with Gasteiger partial charge < -0.3 is 14.7 Å². The molecule has 0 N–H and O–H groups in total. The molecule has 1 unspecified atom stereocenters. The van der Waals surface area contributed by atoms with Crippen molar-refractivity contribution in [2.75, 3.05) is 40.3 Å². The van der Waals surface area contributed by atoms with Crippen molar-refractivity contribution in [1.29, 1.82) is 0 Å². The van der Waals surface area contributed by atoms with E-state index >= 15 is 0 Å². The third-order valence-electron chi connectivity index (χ3n) is 4.22. The first-order valence-electron chi connectivity index (χ1n) is 8.15. The van der Waals surface area contributed by atoms with Crippen LogP contribution in [0.15, 0.2) is 0 Å². The average Bonchev–Trinajstić information content (AvgIpc) is 2.45. The number of rotatable bonds is 7. The molecule has 0 saturated carbocycles. The molecule has 0 radical (unpaired) electrons. The number of likely N-dealkylation sites (tertiary alicyclic amines) is 1. The lowest BCUT2D eigenvalue weighted by Gasteiger charge is -2.36. The van der Waals surface area contributed by atoms with Gasteiger partial charge in [0.1, 0.15) is 0 Å². The Balaban J connectivity index is 2.52. The Morgan fingerprint density at radius 1 is 1.19 bits per heavy atom. The van der Waals surface area contributed by atoms with E-state index in [9.17, 15) is 9.59 Å². The molecule has 0 aromatic rings. The number of piperidine rings is 1. The molecule has 1 rings (SSSR count). The third-order valence-corrected chi connectivity index (χ3v) is 4.22. The van der Waals surface area contributed by atoms with Gasteiger partial charge in [0.15, 0.2) is 0 Å². The molecule has 1 atom stereocenters. The van der Waals surface area contributed by atoms with Crippen LogP contribution in [0.4, 0.5) is 0 Å². The minimum absolute atomic E-state index is 0.00726. The maximum absolute atomic E-state index is 12.5. The van der Waals surface area contributed by atoms with E-state index in [1.807, 2.05) is 19.0 Å². The van der Waals surface area contributed by atoms with Gasteiger partial charge in [-0.05, 0) is 52.7 Å². The van der Waals surface area contributed by atoms with Crippen LogP contribution in [0.1, 0.15) is 46.0 Å². The summed E-state index contributed by atoms with van der Waals surface area (Å²) in [7, 11) is 4.03. The van der Waals surface area contributed by atoms with Crippen LogP contribution in [-0.4, -0.2) is 72.8 Å². The van der Waals surface area contributed by atoms with Crippen molar-refractivity contribution in [2.24, 2.45) is 0 Å². The fourth-order valence-electron chi connectivity index (χ4n) is 2.93. The van der Waals surface area contributed by atoms with Gasteiger partial charge in [0.05, 0.1) is 6.54 Å². The van der Waals surface area contributed by atoms with Crippen molar-refractivity contribution < 1.29 is 9.59 Å².